The number of allylic oxidation sites excluding steroid dienone is 1. The highest BCUT2D eigenvalue weighted by Gasteiger charge is 2.28. The maximum absolute atomic E-state index is 7.95. The number of anilines is 2. The number of nitrogens with zero attached hydrogens (tertiary/aromatic N) is 4. The van der Waals surface area contributed by atoms with Gasteiger partial charge >= 0.3 is 0 Å². The Labute approximate surface area is 234 Å². The number of morpholine rings is 1. The minimum atomic E-state index is 0.330. The van der Waals surface area contributed by atoms with Crippen molar-refractivity contribution in [1.29, 1.82) is 5.41 Å². The number of fused-ring (bicyclic) bond motifs is 1. The minimum Gasteiger partial charge on any atom is -0.386 e. The van der Waals surface area contributed by atoms with Gasteiger partial charge in [-0.25, -0.2) is 0 Å². The molecule has 3 fully saturated rings. The highest BCUT2D eigenvalue weighted by atomic mass is 16.5. The van der Waals surface area contributed by atoms with Gasteiger partial charge in [0, 0.05) is 81.0 Å². The van der Waals surface area contributed by atoms with Crippen LogP contribution in [0.15, 0.2) is 42.6 Å². The van der Waals surface area contributed by atoms with Gasteiger partial charge in [0.25, 0.3) is 0 Å². The van der Waals surface area contributed by atoms with E-state index in [0.717, 1.165) is 93.2 Å². The van der Waals surface area contributed by atoms with Gasteiger partial charge in [-0.3, -0.25) is 9.88 Å². The average Bonchev–Trinajstić information content (AvgIpc) is 3.45. The average molecular weight is 546 g/mol. The van der Waals surface area contributed by atoms with E-state index in [1.807, 2.05) is 24.5 Å². The van der Waals surface area contributed by atoms with Crippen LogP contribution in [0, 0.1) is 5.41 Å². The van der Waals surface area contributed by atoms with E-state index in [1.165, 1.54) is 19.1 Å². The Morgan fingerprint density at radius 1 is 0.950 bits per heavy atom. The molecule has 0 radical (unpaired) electrons. The van der Waals surface area contributed by atoms with Crippen LogP contribution in [0.5, 0.6) is 0 Å². The molecule has 3 aromatic rings. The third-order valence-electron chi connectivity index (χ3n) is 8.23. The van der Waals surface area contributed by atoms with Crippen LogP contribution in [0.2, 0.25) is 0 Å². The molecular formula is C29H39N9O2. The standard InChI is InChI=1S/C29H39N9O2/c30-17-23(18-32-21-7-13-39-14-8-21)35-29-36-27-26(25(19-33-27)20-5-9-31-10-6-20)28(37-29)34-22-1-3-24(4-2-22)38-11-15-40-16-12-38/h5-6,9-10,17-19,21-22,24,30,32H,1-4,7-8,11-16H2,(H3,33,34,35,36,37)/b23-18+,30-17?/t22-,24-. The van der Waals surface area contributed by atoms with E-state index in [4.69, 9.17) is 24.9 Å². The number of nitrogens with one attached hydrogen (secondary N) is 5. The van der Waals surface area contributed by atoms with Gasteiger partial charge in [-0.15, -0.1) is 0 Å². The summed E-state index contributed by atoms with van der Waals surface area (Å²) < 4.78 is 11.0. The molecule has 0 aromatic carbocycles. The summed E-state index contributed by atoms with van der Waals surface area (Å²) in [6, 6.07) is 5.31. The van der Waals surface area contributed by atoms with Gasteiger partial charge < -0.3 is 35.8 Å². The lowest BCUT2D eigenvalue weighted by Gasteiger charge is -2.39. The van der Waals surface area contributed by atoms with Crippen molar-refractivity contribution >= 4 is 29.0 Å². The summed E-state index contributed by atoms with van der Waals surface area (Å²) in [6.07, 6.45) is 15.1. The first-order valence-corrected chi connectivity index (χ1v) is 14.5. The van der Waals surface area contributed by atoms with E-state index in [1.54, 1.807) is 12.4 Å². The second-order valence-corrected chi connectivity index (χ2v) is 10.8. The normalized spacial score (nSPS) is 23.1. The van der Waals surface area contributed by atoms with Crippen molar-refractivity contribution < 1.29 is 9.47 Å². The summed E-state index contributed by atoms with van der Waals surface area (Å²) in [5, 5.41) is 19.4. The summed E-state index contributed by atoms with van der Waals surface area (Å²) in [5.74, 6) is 1.25. The fraction of sp³-hybridized carbons (Fsp3) is 0.517. The van der Waals surface area contributed by atoms with Gasteiger partial charge in [-0.05, 0) is 56.2 Å². The zero-order chi connectivity index (χ0) is 27.1. The smallest absolute Gasteiger partial charge is 0.231 e. The molecule has 40 heavy (non-hydrogen) atoms. The highest BCUT2D eigenvalue weighted by Crippen LogP contribution is 2.35. The van der Waals surface area contributed by atoms with E-state index >= 15 is 0 Å². The van der Waals surface area contributed by atoms with Gasteiger partial charge in [0.05, 0.1) is 24.3 Å². The van der Waals surface area contributed by atoms with Crippen molar-refractivity contribution in [3.8, 4) is 11.1 Å². The quantitative estimate of drug-likeness (QED) is 0.255. The molecule has 11 nitrogen and oxygen atoms in total. The van der Waals surface area contributed by atoms with Crippen molar-refractivity contribution in [2.24, 2.45) is 0 Å². The van der Waals surface area contributed by atoms with Crippen molar-refractivity contribution in [3.63, 3.8) is 0 Å². The number of pyridine rings is 1. The molecule has 0 atom stereocenters. The summed E-state index contributed by atoms with van der Waals surface area (Å²) in [6.45, 7) is 5.28. The monoisotopic (exact) mass is 545 g/mol. The molecule has 6 rings (SSSR count). The van der Waals surface area contributed by atoms with Gasteiger partial charge in [0.15, 0.2) is 0 Å². The van der Waals surface area contributed by atoms with Gasteiger partial charge in [0.1, 0.15) is 11.5 Å². The Balaban J connectivity index is 1.23. The summed E-state index contributed by atoms with van der Waals surface area (Å²) in [4.78, 5) is 19.9. The van der Waals surface area contributed by atoms with Crippen LogP contribution in [-0.2, 0) is 9.47 Å². The third-order valence-corrected chi connectivity index (χ3v) is 8.23. The molecule has 2 saturated heterocycles. The molecule has 3 aromatic heterocycles. The topological polar surface area (TPSA) is 136 Å². The molecule has 1 saturated carbocycles. The third kappa shape index (κ3) is 6.27. The lowest BCUT2D eigenvalue weighted by molar-refractivity contribution is 0.00791. The van der Waals surface area contributed by atoms with Crippen LogP contribution in [0.1, 0.15) is 38.5 Å². The number of rotatable bonds is 9. The molecule has 1 aliphatic carbocycles. The van der Waals surface area contributed by atoms with Crippen molar-refractivity contribution in [3.05, 3.63) is 42.6 Å². The first kappa shape index (κ1) is 26.7. The summed E-state index contributed by atoms with van der Waals surface area (Å²) >= 11 is 0. The molecule has 5 N–H and O–H groups in total. The maximum atomic E-state index is 7.95. The Morgan fingerprint density at radius 2 is 1.70 bits per heavy atom. The predicted molar refractivity (Wildman–Crippen MR) is 157 cm³/mol. The van der Waals surface area contributed by atoms with Crippen molar-refractivity contribution in [2.45, 2.75) is 56.7 Å². The number of hydrogen-bond donors (Lipinski definition) is 5. The molecule has 212 valence electrons. The van der Waals surface area contributed by atoms with Crippen LogP contribution in [-0.4, -0.2) is 88.7 Å². The molecule has 11 heteroatoms. The van der Waals surface area contributed by atoms with Gasteiger partial charge in [-0.1, -0.05) is 0 Å². The Bertz CT molecular complexity index is 1290. The van der Waals surface area contributed by atoms with Crippen LogP contribution in [0.25, 0.3) is 22.2 Å². The van der Waals surface area contributed by atoms with Crippen LogP contribution < -0.4 is 16.0 Å². The Kier molecular flexibility index (Phi) is 8.50. The molecule has 5 heterocycles. The molecule has 0 unspecified atom stereocenters. The zero-order valence-electron chi connectivity index (χ0n) is 22.9. The minimum absolute atomic E-state index is 0.330. The van der Waals surface area contributed by atoms with E-state index in [-0.39, 0.29) is 0 Å². The first-order chi connectivity index (χ1) is 19.8. The summed E-state index contributed by atoms with van der Waals surface area (Å²) in [5.41, 5.74) is 3.45. The van der Waals surface area contributed by atoms with Gasteiger partial charge in [0.2, 0.25) is 5.95 Å². The molecular weight excluding hydrogens is 506 g/mol. The molecule has 0 amide bonds. The lowest BCUT2D eigenvalue weighted by Crippen LogP contribution is -2.46. The molecule has 0 bridgehead atoms. The van der Waals surface area contributed by atoms with E-state index < -0.39 is 0 Å². The van der Waals surface area contributed by atoms with Crippen LogP contribution in [0.4, 0.5) is 11.8 Å². The fourth-order valence-electron chi connectivity index (χ4n) is 5.99. The van der Waals surface area contributed by atoms with Crippen molar-refractivity contribution in [1.82, 2.24) is 30.2 Å². The number of aromatic nitrogens is 4. The Hall–Kier alpha value is -3.54. The zero-order valence-corrected chi connectivity index (χ0v) is 22.9. The molecule has 2 aliphatic heterocycles. The van der Waals surface area contributed by atoms with Gasteiger partial charge in [-0.2, -0.15) is 9.97 Å². The molecule has 3 aliphatic rings. The second-order valence-electron chi connectivity index (χ2n) is 10.8. The predicted octanol–water partition coefficient (Wildman–Crippen LogP) is 3.75. The van der Waals surface area contributed by atoms with E-state index in [2.05, 4.69) is 30.8 Å². The van der Waals surface area contributed by atoms with Crippen molar-refractivity contribution in [2.75, 3.05) is 50.2 Å². The number of ether oxygens (including phenoxy) is 2. The second kappa shape index (κ2) is 12.8. The fourth-order valence-corrected chi connectivity index (χ4v) is 5.99. The maximum Gasteiger partial charge on any atom is 0.231 e. The molecule has 0 spiro atoms. The van der Waals surface area contributed by atoms with Crippen LogP contribution >= 0.6 is 0 Å². The summed E-state index contributed by atoms with van der Waals surface area (Å²) in [7, 11) is 0. The lowest BCUT2D eigenvalue weighted by atomic mass is 9.90. The SMILES string of the molecule is N=C/C(=C\NC1CCOCC1)Nc1nc(N[C@H]2CC[C@H](N3CCOCC3)CC2)c2c(-c3ccncc3)c[nH]c2n1. The van der Waals surface area contributed by atoms with E-state index in [0.29, 0.717) is 29.8 Å². The van der Waals surface area contributed by atoms with E-state index in [9.17, 15) is 0 Å². The number of aromatic amines is 1. The number of hydrogen-bond acceptors (Lipinski definition) is 10. The highest BCUT2D eigenvalue weighted by molar-refractivity contribution is 6.01. The van der Waals surface area contributed by atoms with Crippen LogP contribution in [0.3, 0.4) is 0 Å². The Morgan fingerprint density at radius 3 is 2.45 bits per heavy atom. The first-order valence-electron chi connectivity index (χ1n) is 14.5. The largest absolute Gasteiger partial charge is 0.386 e. The number of H-pyrrole nitrogens is 1.